The van der Waals surface area contributed by atoms with Gasteiger partial charge < -0.3 is 9.30 Å². The van der Waals surface area contributed by atoms with Gasteiger partial charge in [0.25, 0.3) is 5.56 Å². The third-order valence-corrected chi connectivity index (χ3v) is 7.28. The molecule has 6 nitrogen and oxygen atoms in total. The van der Waals surface area contributed by atoms with Crippen LogP contribution in [-0.4, -0.2) is 13.7 Å². The van der Waals surface area contributed by atoms with Crippen LogP contribution in [0.25, 0.3) is 27.8 Å². The van der Waals surface area contributed by atoms with Crippen molar-refractivity contribution in [2.75, 3.05) is 0 Å². The Morgan fingerprint density at radius 2 is 1.61 bits per heavy atom. The standard InChI is InChI=1S/C29H24ClN3O3/c1-16-9-11-18(12-10-16)27-26-25-23(28(34)32(4)29(35)31(25)3)24(20-8-6-5-7-17(20)2)33(26)21-15-19(30)13-14-22(21)36-27/h5-15,27H,1-4H3/t27-/m1/s1. The zero-order valence-corrected chi connectivity index (χ0v) is 21.1. The van der Waals surface area contributed by atoms with Crippen LogP contribution in [0.5, 0.6) is 5.75 Å². The van der Waals surface area contributed by atoms with Crippen molar-refractivity contribution in [3.8, 4) is 22.7 Å². The number of halogens is 1. The third-order valence-electron chi connectivity index (χ3n) is 7.04. The Morgan fingerprint density at radius 1 is 0.889 bits per heavy atom. The van der Waals surface area contributed by atoms with E-state index in [1.807, 2.05) is 74.5 Å². The number of rotatable bonds is 2. The molecule has 7 heteroatoms. The van der Waals surface area contributed by atoms with Crippen LogP contribution in [0.3, 0.4) is 0 Å². The molecule has 2 aromatic heterocycles. The van der Waals surface area contributed by atoms with Crippen LogP contribution in [0.2, 0.25) is 5.02 Å². The molecule has 1 atom stereocenters. The zero-order valence-electron chi connectivity index (χ0n) is 20.4. The molecule has 0 saturated heterocycles. The molecule has 6 rings (SSSR count). The molecule has 180 valence electrons. The second-order valence-corrected chi connectivity index (χ2v) is 9.77. The molecular formula is C29H24ClN3O3. The van der Waals surface area contributed by atoms with Crippen LogP contribution < -0.4 is 16.0 Å². The highest BCUT2D eigenvalue weighted by Crippen LogP contribution is 2.47. The maximum atomic E-state index is 13.8. The molecule has 0 aliphatic carbocycles. The summed E-state index contributed by atoms with van der Waals surface area (Å²) in [7, 11) is 3.22. The molecule has 1 aliphatic rings. The van der Waals surface area contributed by atoms with Crippen LogP contribution in [0.15, 0.2) is 76.3 Å². The Labute approximate surface area is 212 Å². The van der Waals surface area contributed by atoms with E-state index in [9.17, 15) is 9.59 Å². The molecule has 5 aromatic rings. The normalized spacial score (nSPS) is 14.4. The second-order valence-electron chi connectivity index (χ2n) is 9.33. The summed E-state index contributed by atoms with van der Waals surface area (Å²) in [5.74, 6) is 0.648. The minimum atomic E-state index is -0.544. The predicted molar refractivity (Wildman–Crippen MR) is 143 cm³/mol. The highest BCUT2D eigenvalue weighted by molar-refractivity contribution is 6.30. The summed E-state index contributed by atoms with van der Waals surface area (Å²) in [4.78, 5) is 26.9. The van der Waals surface area contributed by atoms with Crippen LogP contribution >= 0.6 is 11.6 Å². The minimum Gasteiger partial charge on any atom is -0.477 e. The first-order valence-electron chi connectivity index (χ1n) is 11.7. The fourth-order valence-electron chi connectivity index (χ4n) is 5.20. The maximum Gasteiger partial charge on any atom is 0.331 e. The zero-order chi connectivity index (χ0) is 25.3. The van der Waals surface area contributed by atoms with E-state index in [0.717, 1.165) is 43.9 Å². The van der Waals surface area contributed by atoms with E-state index in [0.29, 0.717) is 21.7 Å². The Kier molecular flexibility index (Phi) is 4.99. The number of ether oxygens (including phenoxy) is 1. The number of benzene rings is 3. The number of nitrogens with zero attached hydrogens (tertiary/aromatic N) is 3. The molecule has 0 amide bonds. The van der Waals surface area contributed by atoms with Crippen molar-refractivity contribution < 1.29 is 4.74 Å². The summed E-state index contributed by atoms with van der Waals surface area (Å²) in [6.07, 6.45) is -0.544. The summed E-state index contributed by atoms with van der Waals surface area (Å²) in [6, 6.07) is 21.5. The minimum absolute atomic E-state index is 0.348. The van der Waals surface area contributed by atoms with Crippen LogP contribution in [-0.2, 0) is 14.1 Å². The molecule has 0 N–H and O–H groups in total. The Morgan fingerprint density at radius 3 is 2.33 bits per heavy atom. The summed E-state index contributed by atoms with van der Waals surface area (Å²) in [5.41, 5.74) is 5.95. The summed E-state index contributed by atoms with van der Waals surface area (Å²) >= 11 is 6.47. The summed E-state index contributed by atoms with van der Waals surface area (Å²) in [5, 5.41) is 1.02. The molecule has 36 heavy (non-hydrogen) atoms. The smallest absolute Gasteiger partial charge is 0.331 e. The molecule has 3 aromatic carbocycles. The average molecular weight is 498 g/mol. The molecule has 0 radical (unpaired) electrons. The lowest BCUT2D eigenvalue weighted by Gasteiger charge is -2.30. The van der Waals surface area contributed by atoms with Gasteiger partial charge in [-0.05, 0) is 43.2 Å². The number of aromatic nitrogens is 3. The van der Waals surface area contributed by atoms with Gasteiger partial charge in [-0.25, -0.2) is 4.79 Å². The van der Waals surface area contributed by atoms with E-state index in [1.54, 1.807) is 17.7 Å². The number of hydrogen-bond acceptors (Lipinski definition) is 3. The molecule has 0 saturated carbocycles. The highest BCUT2D eigenvalue weighted by Gasteiger charge is 2.36. The topological polar surface area (TPSA) is 58.2 Å². The van der Waals surface area contributed by atoms with Gasteiger partial charge in [-0.1, -0.05) is 65.7 Å². The molecule has 0 spiro atoms. The predicted octanol–water partition coefficient (Wildman–Crippen LogP) is 5.45. The molecule has 3 heterocycles. The quantitative estimate of drug-likeness (QED) is 0.326. The number of fused-ring (bicyclic) bond motifs is 5. The van der Waals surface area contributed by atoms with E-state index < -0.39 is 11.8 Å². The van der Waals surface area contributed by atoms with Gasteiger partial charge in [0.05, 0.1) is 28.0 Å². The van der Waals surface area contributed by atoms with E-state index >= 15 is 0 Å². The van der Waals surface area contributed by atoms with Gasteiger partial charge in [-0.15, -0.1) is 0 Å². The van der Waals surface area contributed by atoms with Crippen molar-refractivity contribution in [2.24, 2.45) is 14.1 Å². The fraction of sp³-hybridized carbons (Fsp3) is 0.172. The highest BCUT2D eigenvalue weighted by atomic mass is 35.5. The number of aryl methyl sites for hydroxylation is 3. The third kappa shape index (κ3) is 3.11. The van der Waals surface area contributed by atoms with Gasteiger partial charge in [0, 0.05) is 24.7 Å². The van der Waals surface area contributed by atoms with E-state index in [1.165, 1.54) is 7.05 Å². The Bertz CT molecular complexity index is 1810. The molecule has 0 bridgehead atoms. The van der Waals surface area contributed by atoms with Gasteiger partial charge in [-0.2, -0.15) is 0 Å². The van der Waals surface area contributed by atoms with Crippen molar-refractivity contribution in [1.82, 2.24) is 13.7 Å². The lowest BCUT2D eigenvalue weighted by Crippen LogP contribution is -2.37. The average Bonchev–Trinajstić information content (AvgIpc) is 3.23. The molecule has 0 fully saturated rings. The maximum absolute atomic E-state index is 13.8. The van der Waals surface area contributed by atoms with Crippen molar-refractivity contribution >= 4 is 22.5 Å². The van der Waals surface area contributed by atoms with Crippen molar-refractivity contribution in [3.05, 3.63) is 115 Å². The SMILES string of the molecule is Cc1ccc([C@H]2Oc3ccc(Cl)cc3-n3c(-c4ccccc4C)c4c(=O)n(C)c(=O)n(C)c4c32)cc1. The first-order chi connectivity index (χ1) is 17.3. The largest absolute Gasteiger partial charge is 0.477 e. The van der Waals surface area contributed by atoms with Gasteiger partial charge >= 0.3 is 5.69 Å². The van der Waals surface area contributed by atoms with Crippen molar-refractivity contribution in [1.29, 1.82) is 0 Å². The van der Waals surface area contributed by atoms with Crippen molar-refractivity contribution in [2.45, 2.75) is 20.0 Å². The fourth-order valence-corrected chi connectivity index (χ4v) is 5.36. The van der Waals surface area contributed by atoms with Crippen LogP contribution in [0.1, 0.15) is 28.5 Å². The van der Waals surface area contributed by atoms with Gasteiger partial charge in [-0.3, -0.25) is 13.9 Å². The molecular weight excluding hydrogens is 474 g/mol. The van der Waals surface area contributed by atoms with Gasteiger partial charge in [0.2, 0.25) is 0 Å². The second kappa shape index (κ2) is 8.00. The van der Waals surface area contributed by atoms with Crippen LogP contribution in [0.4, 0.5) is 0 Å². The Balaban J connectivity index is 1.88. The van der Waals surface area contributed by atoms with E-state index in [-0.39, 0.29) is 5.56 Å². The van der Waals surface area contributed by atoms with E-state index in [4.69, 9.17) is 16.3 Å². The first kappa shape index (κ1) is 22.4. The lowest BCUT2D eigenvalue weighted by molar-refractivity contribution is 0.229. The monoisotopic (exact) mass is 497 g/mol. The van der Waals surface area contributed by atoms with Gasteiger partial charge in [0.1, 0.15) is 5.75 Å². The van der Waals surface area contributed by atoms with Crippen LogP contribution in [0, 0.1) is 13.8 Å². The lowest BCUT2D eigenvalue weighted by atomic mass is 10.0. The summed E-state index contributed by atoms with van der Waals surface area (Å²) < 4.78 is 11.4. The summed E-state index contributed by atoms with van der Waals surface area (Å²) in [6.45, 7) is 4.05. The van der Waals surface area contributed by atoms with E-state index in [2.05, 4.69) is 4.57 Å². The Hall–Kier alpha value is -4.03. The number of hydrogen-bond donors (Lipinski definition) is 0. The van der Waals surface area contributed by atoms with Gasteiger partial charge in [0.15, 0.2) is 6.10 Å². The molecule has 0 unspecified atom stereocenters. The first-order valence-corrected chi connectivity index (χ1v) is 12.1. The molecule has 1 aliphatic heterocycles. The van der Waals surface area contributed by atoms with Crippen molar-refractivity contribution in [3.63, 3.8) is 0 Å².